The molecule has 2 fully saturated rings. The molecule has 0 aromatic heterocycles. The Kier molecular flexibility index (Phi) is 5.36. The van der Waals surface area contributed by atoms with Crippen LogP contribution in [0, 0.1) is 0 Å². The van der Waals surface area contributed by atoms with Crippen molar-refractivity contribution in [2.75, 3.05) is 7.11 Å². The fraction of sp³-hybridized carbons (Fsp3) is 0.571. The number of carbonyl (C=O) groups excluding carboxylic acids is 2. The molecule has 158 valence electrons. The molecule has 2 aliphatic rings. The Labute approximate surface area is 175 Å². The molecule has 0 saturated carbocycles. The number of amides is 2. The third-order valence-corrected chi connectivity index (χ3v) is 7.62. The summed E-state index contributed by atoms with van der Waals surface area (Å²) >= 11 is 1.41. The van der Waals surface area contributed by atoms with Crippen LogP contribution in [0.4, 0.5) is 0 Å². The lowest BCUT2D eigenvalue weighted by Crippen LogP contribution is -2.78. The van der Waals surface area contributed by atoms with Crippen LogP contribution in [0.3, 0.4) is 0 Å². The molecule has 1 aromatic rings. The lowest BCUT2D eigenvalue weighted by molar-refractivity contribution is -0.165. The number of rotatable bonds is 6. The van der Waals surface area contributed by atoms with E-state index >= 15 is 0 Å². The summed E-state index contributed by atoms with van der Waals surface area (Å²) in [5.41, 5.74) is 1.19. The van der Waals surface area contributed by atoms with Gasteiger partial charge in [-0.15, -0.1) is 11.8 Å². The highest BCUT2D eigenvalue weighted by Crippen LogP contribution is 2.54. The number of carboxylic acid groups (broad SMARTS) is 1. The SMILES string of the molecule is CCc1cc(CC)c(C(=O)NC2(C)C(=O)N3[C@@H](C(=O)O)C(C)(C)S[C@@H]32)c(OC)c1. The highest BCUT2D eigenvalue weighted by molar-refractivity contribution is 8.01. The Morgan fingerprint density at radius 1 is 1.24 bits per heavy atom. The number of methoxy groups -OCH3 is 1. The number of β-lactam (4-membered cyclic amide) rings is 1. The number of aliphatic carboxylic acids is 1. The van der Waals surface area contributed by atoms with Gasteiger partial charge in [0.15, 0.2) is 0 Å². The number of ether oxygens (including phenoxy) is 1. The maximum absolute atomic E-state index is 13.2. The van der Waals surface area contributed by atoms with E-state index in [1.54, 1.807) is 6.92 Å². The summed E-state index contributed by atoms with van der Waals surface area (Å²) in [5.74, 6) is -1.30. The first-order chi connectivity index (χ1) is 13.5. The number of benzene rings is 1. The number of hydrogen-bond acceptors (Lipinski definition) is 5. The smallest absolute Gasteiger partial charge is 0.327 e. The van der Waals surface area contributed by atoms with Gasteiger partial charge in [-0.2, -0.15) is 0 Å². The number of hydrogen-bond donors (Lipinski definition) is 2. The van der Waals surface area contributed by atoms with Gasteiger partial charge < -0.3 is 20.1 Å². The zero-order chi connectivity index (χ0) is 21.7. The third kappa shape index (κ3) is 3.17. The molecule has 3 rings (SSSR count). The summed E-state index contributed by atoms with van der Waals surface area (Å²) < 4.78 is 4.82. The van der Waals surface area contributed by atoms with Gasteiger partial charge in [-0.1, -0.05) is 19.9 Å². The van der Waals surface area contributed by atoms with Crippen LogP contribution in [-0.2, 0) is 22.4 Å². The molecular formula is C21H28N2O5S. The fourth-order valence-electron chi connectivity index (χ4n) is 4.27. The monoisotopic (exact) mass is 420 g/mol. The molecule has 1 aromatic carbocycles. The van der Waals surface area contributed by atoms with Gasteiger partial charge in [-0.3, -0.25) is 9.59 Å². The highest BCUT2D eigenvalue weighted by atomic mass is 32.2. The summed E-state index contributed by atoms with van der Waals surface area (Å²) in [7, 11) is 1.52. The van der Waals surface area contributed by atoms with E-state index in [1.807, 2.05) is 39.8 Å². The Morgan fingerprint density at radius 2 is 1.90 bits per heavy atom. The van der Waals surface area contributed by atoms with Crippen molar-refractivity contribution in [2.24, 2.45) is 0 Å². The van der Waals surface area contributed by atoms with Gasteiger partial charge >= 0.3 is 5.97 Å². The molecule has 1 unspecified atom stereocenters. The first kappa shape index (κ1) is 21.5. The largest absolute Gasteiger partial charge is 0.496 e. The number of thioether (sulfide) groups is 1. The summed E-state index contributed by atoms with van der Waals surface area (Å²) in [6, 6.07) is 2.92. The number of nitrogens with zero attached hydrogens (tertiary/aromatic N) is 1. The average Bonchev–Trinajstić information content (AvgIpc) is 2.95. The van der Waals surface area contributed by atoms with Gasteiger partial charge in [-0.25, -0.2) is 4.79 Å². The molecule has 0 aliphatic carbocycles. The van der Waals surface area contributed by atoms with Gasteiger partial charge in [0.05, 0.1) is 12.7 Å². The quantitative estimate of drug-likeness (QED) is 0.687. The van der Waals surface area contributed by atoms with Crippen molar-refractivity contribution in [3.8, 4) is 5.75 Å². The molecule has 0 spiro atoms. The topological polar surface area (TPSA) is 95.9 Å². The van der Waals surface area contributed by atoms with Crippen LogP contribution in [0.15, 0.2) is 12.1 Å². The van der Waals surface area contributed by atoms with Gasteiger partial charge in [0, 0.05) is 4.75 Å². The van der Waals surface area contributed by atoms with E-state index in [2.05, 4.69) is 5.32 Å². The number of aryl methyl sites for hydroxylation is 2. The second kappa shape index (κ2) is 7.23. The van der Waals surface area contributed by atoms with Gasteiger partial charge in [0.25, 0.3) is 11.8 Å². The molecule has 3 atom stereocenters. The third-order valence-electron chi connectivity index (χ3n) is 5.86. The minimum Gasteiger partial charge on any atom is -0.496 e. The number of carbonyl (C=O) groups is 3. The van der Waals surface area contributed by atoms with Crippen molar-refractivity contribution >= 4 is 29.5 Å². The molecule has 29 heavy (non-hydrogen) atoms. The van der Waals surface area contributed by atoms with Crippen molar-refractivity contribution in [1.82, 2.24) is 10.2 Å². The first-order valence-corrected chi connectivity index (χ1v) is 10.6. The summed E-state index contributed by atoms with van der Waals surface area (Å²) in [6.45, 7) is 9.29. The van der Waals surface area contributed by atoms with Crippen LogP contribution in [0.2, 0.25) is 0 Å². The normalized spacial score (nSPS) is 27.2. The molecular weight excluding hydrogens is 392 g/mol. The lowest BCUT2D eigenvalue weighted by atomic mass is 9.85. The standard InChI is InChI=1S/C21H28N2O5S/c1-7-11-9-12(8-2)14(13(10-11)28-6)16(24)22-21(5)18(27)23-15(17(25)26)20(3,4)29-19(21)23/h9-10,15,19H,7-8H2,1-6H3,(H,22,24)(H,25,26)/t15-,19+,21?/m0/s1. The summed E-state index contributed by atoms with van der Waals surface area (Å²) in [5, 5.41) is 12.1. The summed E-state index contributed by atoms with van der Waals surface area (Å²) in [6.07, 6.45) is 1.47. The minimum absolute atomic E-state index is 0.372. The Hall–Kier alpha value is -2.22. The molecule has 8 heteroatoms. The van der Waals surface area contributed by atoms with Crippen LogP contribution in [0.25, 0.3) is 0 Å². The van der Waals surface area contributed by atoms with Gasteiger partial charge in [0.2, 0.25) is 0 Å². The zero-order valence-electron chi connectivity index (χ0n) is 17.7. The average molecular weight is 421 g/mol. The fourth-order valence-corrected chi connectivity index (χ4v) is 5.92. The van der Waals surface area contributed by atoms with Crippen molar-refractivity contribution in [1.29, 1.82) is 0 Å². The zero-order valence-corrected chi connectivity index (χ0v) is 18.5. The molecule has 2 amide bonds. The van der Waals surface area contributed by atoms with E-state index in [-0.39, 0.29) is 11.8 Å². The lowest BCUT2D eigenvalue weighted by Gasteiger charge is -2.51. The minimum atomic E-state index is -1.16. The second-order valence-corrected chi connectivity index (χ2v) is 9.96. The van der Waals surface area contributed by atoms with E-state index in [1.165, 1.54) is 23.8 Å². The number of carboxylic acids is 1. The van der Waals surface area contributed by atoms with E-state index < -0.39 is 27.7 Å². The van der Waals surface area contributed by atoms with Crippen molar-refractivity contribution < 1.29 is 24.2 Å². The van der Waals surface area contributed by atoms with E-state index in [4.69, 9.17) is 4.74 Å². The maximum atomic E-state index is 13.2. The second-order valence-electron chi connectivity index (χ2n) is 8.22. The van der Waals surface area contributed by atoms with Crippen molar-refractivity contribution in [2.45, 2.75) is 69.2 Å². The molecule has 7 nitrogen and oxygen atoms in total. The van der Waals surface area contributed by atoms with E-state index in [0.717, 1.165) is 17.5 Å². The van der Waals surface area contributed by atoms with Crippen LogP contribution in [0.5, 0.6) is 5.75 Å². The van der Waals surface area contributed by atoms with Crippen LogP contribution in [-0.4, -0.2) is 56.6 Å². The van der Waals surface area contributed by atoms with Gasteiger partial charge in [0.1, 0.15) is 22.7 Å². The molecule has 0 bridgehead atoms. The number of fused-ring (bicyclic) bond motifs is 1. The van der Waals surface area contributed by atoms with Crippen LogP contribution < -0.4 is 10.1 Å². The predicted octanol–water partition coefficient (Wildman–Crippen LogP) is 2.46. The maximum Gasteiger partial charge on any atom is 0.327 e. The van der Waals surface area contributed by atoms with Crippen molar-refractivity contribution in [3.63, 3.8) is 0 Å². The molecule has 2 heterocycles. The van der Waals surface area contributed by atoms with Crippen LogP contribution >= 0.6 is 11.8 Å². The molecule has 0 radical (unpaired) electrons. The van der Waals surface area contributed by atoms with Crippen molar-refractivity contribution in [3.05, 3.63) is 28.8 Å². The molecule has 2 aliphatic heterocycles. The van der Waals surface area contributed by atoms with Gasteiger partial charge in [-0.05, 0) is 50.8 Å². The van der Waals surface area contributed by atoms with Crippen LogP contribution in [0.1, 0.15) is 56.1 Å². The predicted molar refractivity (Wildman–Crippen MR) is 111 cm³/mol. The van der Waals surface area contributed by atoms with E-state index in [0.29, 0.717) is 17.7 Å². The Bertz CT molecular complexity index is 859. The first-order valence-electron chi connectivity index (χ1n) is 9.77. The Morgan fingerprint density at radius 3 is 2.41 bits per heavy atom. The Balaban J connectivity index is 1.93. The molecule has 2 saturated heterocycles. The number of nitrogens with one attached hydrogen (secondary N) is 1. The molecule has 2 N–H and O–H groups in total. The highest BCUT2D eigenvalue weighted by Gasteiger charge is 2.70. The van der Waals surface area contributed by atoms with E-state index in [9.17, 15) is 19.5 Å². The summed E-state index contributed by atoms with van der Waals surface area (Å²) in [4.78, 5) is 39.3.